The molecule has 3 N–H and O–H groups in total. The molecule has 1 radical (unpaired) electrons. The van der Waals surface area contributed by atoms with Crippen LogP contribution in [-0.4, -0.2) is 17.1 Å². The topological polar surface area (TPSA) is 79.8 Å². The van der Waals surface area contributed by atoms with Crippen molar-refractivity contribution < 1.29 is 4.79 Å². The molecule has 4 heteroatoms. The molecule has 1 aromatic rings. The highest BCUT2D eigenvalue weighted by atomic mass is 16.1. The number of aromatic nitrogens is 1. The number of rotatable bonds is 2. The highest BCUT2D eigenvalue weighted by Gasteiger charge is 1.96. The summed E-state index contributed by atoms with van der Waals surface area (Å²) >= 11 is 0. The van der Waals surface area contributed by atoms with Crippen LogP contribution >= 0.6 is 0 Å². The van der Waals surface area contributed by atoms with Crippen LogP contribution in [-0.2, 0) is 4.79 Å². The number of nitrogens with two attached hydrogens (primary N) is 1. The van der Waals surface area contributed by atoms with Crippen molar-refractivity contribution in [2.45, 2.75) is 0 Å². The van der Waals surface area contributed by atoms with Gasteiger partial charge in [0.15, 0.2) is 0 Å². The van der Waals surface area contributed by atoms with E-state index in [1.807, 2.05) is 0 Å². The third-order valence-electron chi connectivity index (χ3n) is 1.16. The van der Waals surface area contributed by atoms with Crippen molar-refractivity contribution in [1.82, 2.24) is 4.98 Å². The number of nitrogens with zero attached hydrogens (tertiary/aromatic N) is 1. The third kappa shape index (κ3) is 1.61. The van der Waals surface area contributed by atoms with Crippen molar-refractivity contribution in [3.63, 3.8) is 0 Å². The highest BCUT2D eigenvalue weighted by Crippen LogP contribution is 1.95. The van der Waals surface area contributed by atoms with Gasteiger partial charge in [0.25, 0.3) is 0 Å². The predicted molar refractivity (Wildman–Crippen MR) is 40.0 cm³/mol. The van der Waals surface area contributed by atoms with Gasteiger partial charge in [-0.3, -0.25) is 15.2 Å². The molecule has 1 aromatic heterocycles. The van der Waals surface area contributed by atoms with Gasteiger partial charge in [-0.25, -0.2) is 0 Å². The molecule has 0 unspecified atom stereocenters. The molecule has 0 fully saturated rings. The largest absolute Gasteiger partial charge is 0.382 e. The zero-order chi connectivity index (χ0) is 8.27. The second-order valence-electron chi connectivity index (χ2n) is 1.95. The van der Waals surface area contributed by atoms with Crippen LogP contribution in [0, 0.1) is 5.41 Å². The number of carbonyl (C=O) groups excluding carboxylic acids is 1. The minimum absolute atomic E-state index is 0.109. The summed E-state index contributed by atoms with van der Waals surface area (Å²) in [6.07, 6.45) is 2.99. The van der Waals surface area contributed by atoms with Crippen molar-refractivity contribution in [3.05, 3.63) is 29.6 Å². The van der Waals surface area contributed by atoms with Crippen LogP contribution in [0.25, 0.3) is 0 Å². The number of hydrogen-bond acceptors (Lipinski definition) is 3. The van der Waals surface area contributed by atoms with E-state index in [0.29, 0.717) is 11.3 Å². The van der Waals surface area contributed by atoms with Gasteiger partial charge in [0.2, 0.25) is 6.29 Å². The minimum Gasteiger partial charge on any atom is -0.382 e. The molecule has 55 valence electrons. The molecule has 0 aliphatic carbocycles. The fourth-order valence-electron chi connectivity index (χ4n) is 0.614. The van der Waals surface area contributed by atoms with Gasteiger partial charge in [-0.2, -0.15) is 0 Å². The Morgan fingerprint density at radius 1 is 1.64 bits per heavy atom. The van der Waals surface area contributed by atoms with Crippen LogP contribution in [0.5, 0.6) is 0 Å². The number of pyridine rings is 1. The van der Waals surface area contributed by atoms with E-state index in [4.69, 9.17) is 11.1 Å². The summed E-state index contributed by atoms with van der Waals surface area (Å²) < 4.78 is 0. The Kier molecular flexibility index (Phi) is 1.96. The molecule has 0 saturated heterocycles. The average molecular weight is 148 g/mol. The van der Waals surface area contributed by atoms with Crippen molar-refractivity contribution in [2.24, 2.45) is 5.73 Å². The third-order valence-corrected chi connectivity index (χ3v) is 1.16. The standard InChI is InChI=1S/C7H6N3O/c8-7(9)6-2-1-5(4-11)3-10-6/h1-3H,(H3,8,9). The van der Waals surface area contributed by atoms with Crippen LogP contribution < -0.4 is 5.73 Å². The van der Waals surface area contributed by atoms with Gasteiger partial charge < -0.3 is 5.73 Å². The molecular weight excluding hydrogens is 142 g/mol. The first-order valence-corrected chi connectivity index (χ1v) is 2.92. The van der Waals surface area contributed by atoms with Gasteiger partial charge in [0.05, 0.1) is 0 Å². The van der Waals surface area contributed by atoms with Crippen molar-refractivity contribution in [3.8, 4) is 0 Å². The van der Waals surface area contributed by atoms with E-state index in [0.717, 1.165) is 0 Å². The van der Waals surface area contributed by atoms with Crippen LogP contribution in [0.3, 0.4) is 0 Å². The maximum Gasteiger partial charge on any atom is 0.235 e. The summed E-state index contributed by atoms with van der Waals surface area (Å²) in [6.45, 7) is 0. The molecule has 1 rings (SSSR count). The van der Waals surface area contributed by atoms with Crippen LogP contribution in [0.2, 0.25) is 0 Å². The normalized spacial score (nSPS) is 9.09. The maximum atomic E-state index is 10.0. The smallest absolute Gasteiger partial charge is 0.235 e. The van der Waals surface area contributed by atoms with E-state index >= 15 is 0 Å². The van der Waals surface area contributed by atoms with E-state index in [2.05, 4.69) is 4.98 Å². The molecule has 0 bridgehead atoms. The van der Waals surface area contributed by atoms with Gasteiger partial charge in [0.1, 0.15) is 11.5 Å². The Morgan fingerprint density at radius 3 is 2.73 bits per heavy atom. The van der Waals surface area contributed by atoms with E-state index in [-0.39, 0.29) is 5.84 Å². The lowest BCUT2D eigenvalue weighted by atomic mass is 10.2. The second kappa shape index (κ2) is 2.92. The van der Waals surface area contributed by atoms with E-state index < -0.39 is 0 Å². The van der Waals surface area contributed by atoms with Gasteiger partial charge in [-0.15, -0.1) is 0 Å². The molecule has 0 spiro atoms. The summed E-state index contributed by atoms with van der Waals surface area (Å²) in [7, 11) is 0. The first-order valence-electron chi connectivity index (χ1n) is 2.92. The van der Waals surface area contributed by atoms with Crippen molar-refractivity contribution in [1.29, 1.82) is 5.41 Å². The van der Waals surface area contributed by atoms with E-state index in [1.165, 1.54) is 18.3 Å². The molecular formula is C7H6N3O. The summed E-state index contributed by atoms with van der Waals surface area (Å²) in [5, 5.41) is 6.98. The highest BCUT2D eigenvalue weighted by molar-refractivity contribution is 5.93. The van der Waals surface area contributed by atoms with Crippen LogP contribution in [0.4, 0.5) is 0 Å². The Morgan fingerprint density at radius 2 is 2.36 bits per heavy atom. The summed E-state index contributed by atoms with van der Waals surface area (Å²) in [4.78, 5) is 13.8. The average Bonchev–Trinajstić information content (AvgIpc) is 2.05. The molecule has 1 heterocycles. The second-order valence-corrected chi connectivity index (χ2v) is 1.95. The molecule has 0 saturated carbocycles. The molecule has 0 atom stereocenters. The molecule has 0 aliphatic rings. The zero-order valence-electron chi connectivity index (χ0n) is 5.66. The monoisotopic (exact) mass is 148 g/mol. The SMILES string of the molecule is N=C(N)c1ccc([C]=O)cn1. The molecule has 0 aromatic carbocycles. The molecule has 11 heavy (non-hydrogen) atoms. The van der Waals surface area contributed by atoms with Gasteiger partial charge in [-0.1, -0.05) is 0 Å². The van der Waals surface area contributed by atoms with E-state index in [1.54, 1.807) is 6.29 Å². The molecule has 0 amide bonds. The fraction of sp³-hybridized carbons (Fsp3) is 0. The number of nitrogens with one attached hydrogen (secondary N) is 1. The van der Waals surface area contributed by atoms with Crippen LogP contribution in [0.1, 0.15) is 11.3 Å². The number of hydrogen-bond donors (Lipinski definition) is 2. The zero-order valence-corrected chi connectivity index (χ0v) is 5.66. The maximum absolute atomic E-state index is 10.0. The quantitative estimate of drug-likeness (QED) is 0.451. The Hall–Kier alpha value is -1.71. The first kappa shape index (κ1) is 7.40. The van der Waals surface area contributed by atoms with Gasteiger partial charge in [-0.05, 0) is 12.1 Å². The number of nitrogen functional groups attached to an aromatic ring is 1. The Labute approximate surface area is 63.6 Å². The summed E-state index contributed by atoms with van der Waals surface area (Å²) in [5.74, 6) is -0.109. The molecule has 0 aliphatic heterocycles. The van der Waals surface area contributed by atoms with Crippen molar-refractivity contribution in [2.75, 3.05) is 0 Å². The lowest BCUT2D eigenvalue weighted by Crippen LogP contribution is -2.12. The van der Waals surface area contributed by atoms with E-state index in [9.17, 15) is 4.79 Å². The first-order chi connectivity index (χ1) is 5.24. The summed E-state index contributed by atoms with van der Waals surface area (Å²) in [6, 6.07) is 3.01. The lowest BCUT2D eigenvalue weighted by Gasteiger charge is -1.94. The van der Waals surface area contributed by atoms with Gasteiger partial charge in [0, 0.05) is 11.8 Å². The Balaban J connectivity index is 3.00. The fourth-order valence-corrected chi connectivity index (χ4v) is 0.614. The van der Waals surface area contributed by atoms with Crippen molar-refractivity contribution >= 4 is 12.1 Å². The summed E-state index contributed by atoms with van der Waals surface area (Å²) in [5.41, 5.74) is 5.85. The minimum atomic E-state index is -0.109. The number of amidine groups is 1. The van der Waals surface area contributed by atoms with Gasteiger partial charge >= 0.3 is 0 Å². The Bertz CT molecular complexity index is 278. The molecule has 4 nitrogen and oxygen atoms in total. The predicted octanol–water partition coefficient (Wildman–Crippen LogP) is -0.177. The lowest BCUT2D eigenvalue weighted by molar-refractivity contribution is 0.562. The van der Waals surface area contributed by atoms with Crippen LogP contribution in [0.15, 0.2) is 18.3 Å².